The second-order valence-corrected chi connectivity index (χ2v) is 3.45. The van der Waals surface area contributed by atoms with E-state index in [-0.39, 0.29) is 17.2 Å². The van der Waals surface area contributed by atoms with Crippen molar-refractivity contribution >= 4 is 16.3 Å². The summed E-state index contributed by atoms with van der Waals surface area (Å²) in [6.45, 7) is 6.03. The van der Waals surface area contributed by atoms with Crippen molar-refractivity contribution in [3.63, 3.8) is 0 Å². The molecule has 0 aromatic heterocycles. The zero-order valence-electron chi connectivity index (χ0n) is 7.58. The average Bonchev–Trinajstić information content (AvgIpc) is 2.02. The van der Waals surface area contributed by atoms with Crippen LogP contribution in [0.5, 0.6) is 0 Å². The summed E-state index contributed by atoms with van der Waals surface area (Å²) < 4.78 is 5.47. The molecule has 0 saturated heterocycles. The molecule has 0 saturated carbocycles. The van der Waals surface area contributed by atoms with Crippen LogP contribution >= 0.6 is 0 Å². The summed E-state index contributed by atoms with van der Waals surface area (Å²) in [5.74, 6) is 0. The molecule has 0 heterocycles. The quantitative estimate of drug-likeness (QED) is 0.628. The van der Waals surface area contributed by atoms with Crippen LogP contribution in [0.4, 0.5) is 0 Å². The maximum Gasteiger partial charge on any atom is 0.175 e. The summed E-state index contributed by atoms with van der Waals surface area (Å²) in [4.78, 5) is -0.116. The molecule has 0 amide bonds. The van der Waals surface area contributed by atoms with E-state index in [0.29, 0.717) is 0 Å². The summed E-state index contributed by atoms with van der Waals surface area (Å²) in [7, 11) is 0. The second kappa shape index (κ2) is 6.02. The fourth-order valence-electron chi connectivity index (χ4n) is 0.687. The summed E-state index contributed by atoms with van der Waals surface area (Å²) in [6, 6.07) is 0. The van der Waals surface area contributed by atoms with E-state index in [9.17, 15) is 5.11 Å². The van der Waals surface area contributed by atoms with Gasteiger partial charge in [0.15, 0.2) is 16.3 Å². The molecule has 0 aliphatic carbocycles. The van der Waals surface area contributed by atoms with E-state index >= 15 is 0 Å². The molecule has 2 radical (unpaired) electrons. The van der Waals surface area contributed by atoms with Gasteiger partial charge in [-0.05, 0) is 19.8 Å². The smallest absolute Gasteiger partial charge is 0.175 e. The SMILES string of the molecule is CCC(C)O[CH]([Al])C(O)CC. The van der Waals surface area contributed by atoms with Crippen LogP contribution in [0.2, 0.25) is 0 Å². The minimum atomic E-state index is -0.353. The molecule has 0 aromatic carbocycles. The number of aliphatic hydroxyl groups excluding tert-OH is 1. The summed E-state index contributed by atoms with van der Waals surface area (Å²) in [5, 5.41) is 9.33. The molecule has 3 unspecified atom stereocenters. The molecular weight excluding hydrogens is 155 g/mol. The predicted molar refractivity (Wildman–Crippen MR) is 46.7 cm³/mol. The molecule has 3 atom stereocenters. The lowest BCUT2D eigenvalue weighted by molar-refractivity contribution is -0.0296. The Morgan fingerprint density at radius 1 is 1.36 bits per heavy atom. The third-order valence-electron chi connectivity index (χ3n) is 1.76. The highest BCUT2D eigenvalue weighted by molar-refractivity contribution is 6.11. The van der Waals surface area contributed by atoms with Crippen LogP contribution in [-0.2, 0) is 4.74 Å². The van der Waals surface area contributed by atoms with Crippen LogP contribution in [0, 0.1) is 0 Å². The van der Waals surface area contributed by atoms with Gasteiger partial charge in [0.1, 0.15) is 0 Å². The fraction of sp³-hybridized carbons (Fsp3) is 1.00. The molecule has 0 aliphatic rings. The highest BCUT2D eigenvalue weighted by Gasteiger charge is 2.12. The van der Waals surface area contributed by atoms with E-state index in [1.165, 1.54) is 0 Å². The second-order valence-electron chi connectivity index (χ2n) is 2.80. The number of rotatable bonds is 5. The van der Waals surface area contributed by atoms with Gasteiger partial charge in [-0.1, -0.05) is 13.8 Å². The molecule has 0 rings (SSSR count). The van der Waals surface area contributed by atoms with E-state index in [1.54, 1.807) is 0 Å². The molecule has 1 N–H and O–H groups in total. The third kappa shape index (κ3) is 4.82. The number of hydrogen-bond donors (Lipinski definition) is 1. The third-order valence-corrected chi connectivity index (χ3v) is 2.36. The first-order chi connectivity index (χ1) is 5.11. The van der Waals surface area contributed by atoms with Crippen LogP contribution in [0.1, 0.15) is 33.6 Å². The zero-order chi connectivity index (χ0) is 8.85. The Hall–Kier alpha value is 0.452. The number of aliphatic hydroxyl groups is 1. The topological polar surface area (TPSA) is 29.5 Å². The number of hydrogen-bond acceptors (Lipinski definition) is 2. The lowest BCUT2D eigenvalue weighted by Crippen LogP contribution is -2.31. The largest absolute Gasteiger partial charge is 0.392 e. The van der Waals surface area contributed by atoms with Gasteiger partial charge in [0.2, 0.25) is 0 Å². The molecule has 0 bridgehead atoms. The molecule has 2 nitrogen and oxygen atoms in total. The fourth-order valence-corrected chi connectivity index (χ4v) is 1.23. The van der Waals surface area contributed by atoms with Gasteiger partial charge >= 0.3 is 0 Å². The molecule has 0 aliphatic heterocycles. The Bertz CT molecular complexity index is 98.1. The Morgan fingerprint density at radius 2 is 1.91 bits per heavy atom. The van der Waals surface area contributed by atoms with Crippen molar-refractivity contribution in [1.29, 1.82) is 0 Å². The highest BCUT2D eigenvalue weighted by atomic mass is 27.0. The van der Waals surface area contributed by atoms with Gasteiger partial charge in [-0.3, -0.25) is 0 Å². The standard InChI is InChI=1S/C8H17O2.Al/c1-4-7(3)10-6-8(9)5-2;/h6-9H,4-5H2,1-3H3;. The van der Waals surface area contributed by atoms with E-state index in [2.05, 4.69) is 23.2 Å². The van der Waals surface area contributed by atoms with Gasteiger partial charge < -0.3 is 9.84 Å². The Labute approximate surface area is 77.4 Å². The van der Waals surface area contributed by atoms with Crippen molar-refractivity contribution in [3.05, 3.63) is 0 Å². The molecule has 0 fully saturated rings. The van der Waals surface area contributed by atoms with Crippen molar-refractivity contribution in [2.75, 3.05) is 0 Å². The normalized spacial score (nSPS) is 19.3. The summed E-state index contributed by atoms with van der Waals surface area (Å²) in [6.07, 6.45) is 1.61. The van der Waals surface area contributed by atoms with E-state index in [4.69, 9.17) is 4.74 Å². The van der Waals surface area contributed by atoms with Crippen molar-refractivity contribution in [3.8, 4) is 0 Å². The number of ether oxygens (including phenoxy) is 1. The van der Waals surface area contributed by atoms with Gasteiger partial charge in [-0.2, -0.15) is 0 Å². The molecular formula is C8H17AlO2. The van der Waals surface area contributed by atoms with Crippen LogP contribution in [-0.4, -0.2) is 38.6 Å². The van der Waals surface area contributed by atoms with Gasteiger partial charge in [0.25, 0.3) is 0 Å². The van der Waals surface area contributed by atoms with Gasteiger partial charge in [-0.15, -0.1) is 0 Å². The predicted octanol–water partition coefficient (Wildman–Crippen LogP) is 1.07. The van der Waals surface area contributed by atoms with Crippen molar-refractivity contribution in [2.45, 2.75) is 50.8 Å². The molecule has 3 heteroatoms. The van der Waals surface area contributed by atoms with Crippen molar-refractivity contribution in [1.82, 2.24) is 0 Å². The van der Waals surface area contributed by atoms with Crippen LogP contribution < -0.4 is 0 Å². The van der Waals surface area contributed by atoms with E-state index in [1.807, 2.05) is 13.8 Å². The Kier molecular flexibility index (Phi) is 6.27. The summed E-state index contributed by atoms with van der Waals surface area (Å²) >= 11 is 2.52. The molecule has 0 aromatic rings. The van der Waals surface area contributed by atoms with Gasteiger partial charge in [0, 0.05) is 4.97 Å². The van der Waals surface area contributed by atoms with Crippen LogP contribution in [0.3, 0.4) is 0 Å². The first-order valence-electron chi connectivity index (χ1n) is 4.20. The highest BCUT2D eigenvalue weighted by Crippen LogP contribution is 2.05. The first-order valence-corrected chi connectivity index (χ1v) is 4.87. The Balaban J connectivity index is 3.58. The van der Waals surface area contributed by atoms with Gasteiger partial charge in [-0.25, -0.2) is 0 Å². The van der Waals surface area contributed by atoms with Crippen molar-refractivity contribution < 1.29 is 9.84 Å². The monoisotopic (exact) mass is 172 g/mol. The maximum atomic E-state index is 9.33. The minimum absolute atomic E-state index is 0.116. The van der Waals surface area contributed by atoms with Gasteiger partial charge in [0.05, 0.1) is 12.2 Å². The van der Waals surface area contributed by atoms with E-state index < -0.39 is 0 Å². The Morgan fingerprint density at radius 3 is 2.27 bits per heavy atom. The first kappa shape index (κ1) is 11.5. The summed E-state index contributed by atoms with van der Waals surface area (Å²) in [5.41, 5.74) is 0. The van der Waals surface area contributed by atoms with Crippen molar-refractivity contribution in [2.24, 2.45) is 0 Å². The minimum Gasteiger partial charge on any atom is -0.392 e. The van der Waals surface area contributed by atoms with Crippen LogP contribution in [0.25, 0.3) is 0 Å². The zero-order valence-corrected chi connectivity index (χ0v) is 8.73. The maximum absolute atomic E-state index is 9.33. The molecule has 64 valence electrons. The van der Waals surface area contributed by atoms with Crippen LogP contribution in [0.15, 0.2) is 0 Å². The van der Waals surface area contributed by atoms with E-state index in [0.717, 1.165) is 12.8 Å². The molecule has 0 spiro atoms. The average molecular weight is 172 g/mol. The lowest BCUT2D eigenvalue weighted by Gasteiger charge is -2.23. The lowest BCUT2D eigenvalue weighted by atomic mass is 10.3. The molecule has 11 heavy (non-hydrogen) atoms.